The monoisotopic (exact) mass is 415 g/mol. The minimum Gasteiger partial charge on any atom is -0.380 e. The smallest absolute Gasteiger partial charge is 0.276 e. The van der Waals surface area contributed by atoms with Crippen LogP contribution in [0.5, 0.6) is 0 Å². The maximum Gasteiger partial charge on any atom is 0.276 e. The third-order valence-electron chi connectivity index (χ3n) is 4.61. The van der Waals surface area contributed by atoms with E-state index in [9.17, 15) is 4.79 Å². The van der Waals surface area contributed by atoms with Crippen LogP contribution in [0.25, 0.3) is 6.08 Å². The predicted molar refractivity (Wildman–Crippen MR) is 125 cm³/mol. The summed E-state index contributed by atoms with van der Waals surface area (Å²) in [6.45, 7) is 7.35. The van der Waals surface area contributed by atoms with Gasteiger partial charge in [0, 0.05) is 24.6 Å². The summed E-state index contributed by atoms with van der Waals surface area (Å²) in [7, 11) is 0. The van der Waals surface area contributed by atoms with Crippen molar-refractivity contribution < 1.29 is 9.63 Å². The van der Waals surface area contributed by atoms with E-state index < -0.39 is 0 Å². The Kier molecular flexibility index (Phi) is 7.57. The van der Waals surface area contributed by atoms with Gasteiger partial charge in [0.25, 0.3) is 5.91 Å². The molecule has 0 aliphatic rings. The van der Waals surface area contributed by atoms with Crippen LogP contribution in [0.4, 0.5) is 5.69 Å². The molecule has 0 atom stereocenters. The van der Waals surface area contributed by atoms with Crippen molar-refractivity contribution in [2.45, 2.75) is 33.9 Å². The van der Waals surface area contributed by atoms with Gasteiger partial charge in [0.05, 0.1) is 5.56 Å². The quantitative estimate of drug-likeness (QED) is 0.469. The number of nitrogens with one attached hydrogen (secondary N) is 2. The Hall–Kier alpha value is -3.44. The van der Waals surface area contributed by atoms with Gasteiger partial charge in [-0.1, -0.05) is 69.3 Å². The molecule has 0 radical (unpaired) electrons. The summed E-state index contributed by atoms with van der Waals surface area (Å²) in [6.07, 6.45) is 7.75. The highest BCUT2D eigenvalue weighted by Crippen LogP contribution is 2.20. The van der Waals surface area contributed by atoms with Crippen LogP contribution >= 0.6 is 0 Å². The molecule has 2 aromatic carbocycles. The van der Waals surface area contributed by atoms with Crippen molar-refractivity contribution >= 4 is 17.7 Å². The number of pyridine rings is 1. The SMILES string of the molecule is CC(C)(C)/C=C/c1ccccc1CONC(=O)c1ccccc1NCc1ccncc1. The van der Waals surface area contributed by atoms with Crippen LogP contribution in [0.15, 0.2) is 79.1 Å². The number of nitrogens with zero attached hydrogens (tertiary/aromatic N) is 1. The van der Waals surface area contributed by atoms with E-state index >= 15 is 0 Å². The molecule has 2 N–H and O–H groups in total. The first kappa shape index (κ1) is 22.2. The Bertz CT molecular complexity index is 1020. The lowest BCUT2D eigenvalue weighted by atomic mass is 9.94. The molecule has 0 aliphatic heterocycles. The highest BCUT2D eigenvalue weighted by molar-refractivity contribution is 5.99. The van der Waals surface area contributed by atoms with Gasteiger partial charge >= 0.3 is 0 Å². The van der Waals surface area contributed by atoms with E-state index in [1.807, 2.05) is 54.6 Å². The molecular weight excluding hydrogens is 386 g/mol. The number of hydrogen-bond acceptors (Lipinski definition) is 4. The molecule has 0 bridgehead atoms. The Balaban J connectivity index is 1.60. The lowest BCUT2D eigenvalue weighted by Gasteiger charge is -2.14. The zero-order valence-corrected chi connectivity index (χ0v) is 18.3. The summed E-state index contributed by atoms with van der Waals surface area (Å²) >= 11 is 0. The Morgan fingerprint density at radius 3 is 2.48 bits per heavy atom. The third-order valence-corrected chi connectivity index (χ3v) is 4.61. The maximum atomic E-state index is 12.7. The Morgan fingerprint density at radius 2 is 1.71 bits per heavy atom. The van der Waals surface area contributed by atoms with Crippen LogP contribution in [0.1, 0.15) is 47.8 Å². The largest absolute Gasteiger partial charge is 0.380 e. The lowest BCUT2D eigenvalue weighted by molar-refractivity contribution is 0.0233. The van der Waals surface area contributed by atoms with E-state index in [1.165, 1.54) is 0 Å². The first-order valence-electron chi connectivity index (χ1n) is 10.3. The number of carbonyl (C=O) groups excluding carboxylic acids is 1. The van der Waals surface area contributed by atoms with Crippen LogP contribution < -0.4 is 10.8 Å². The van der Waals surface area contributed by atoms with Gasteiger partial charge in [0.15, 0.2) is 0 Å². The molecule has 5 nitrogen and oxygen atoms in total. The lowest BCUT2D eigenvalue weighted by Crippen LogP contribution is -2.24. The molecule has 31 heavy (non-hydrogen) atoms. The number of hydrogen-bond donors (Lipinski definition) is 2. The first-order chi connectivity index (χ1) is 14.9. The molecule has 160 valence electrons. The highest BCUT2D eigenvalue weighted by atomic mass is 16.6. The van der Waals surface area contributed by atoms with Gasteiger partial charge in [0.1, 0.15) is 6.61 Å². The van der Waals surface area contributed by atoms with Crippen molar-refractivity contribution in [3.8, 4) is 0 Å². The van der Waals surface area contributed by atoms with Gasteiger partial charge in [-0.05, 0) is 46.4 Å². The zero-order chi connectivity index (χ0) is 22.1. The van der Waals surface area contributed by atoms with E-state index in [1.54, 1.807) is 18.5 Å². The van der Waals surface area contributed by atoms with E-state index in [0.717, 1.165) is 22.4 Å². The van der Waals surface area contributed by atoms with Crippen molar-refractivity contribution in [3.05, 3.63) is 101 Å². The van der Waals surface area contributed by atoms with Crippen molar-refractivity contribution in [1.29, 1.82) is 0 Å². The number of rotatable bonds is 8. The molecule has 5 heteroatoms. The number of benzene rings is 2. The van der Waals surface area contributed by atoms with Crippen LogP contribution in [-0.4, -0.2) is 10.9 Å². The molecule has 0 aliphatic carbocycles. The second-order valence-electron chi connectivity index (χ2n) is 8.37. The van der Waals surface area contributed by atoms with Crippen LogP contribution in [0.3, 0.4) is 0 Å². The average Bonchev–Trinajstić information content (AvgIpc) is 2.77. The summed E-state index contributed by atoms with van der Waals surface area (Å²) in [5.41, 5.74) is 7.10. The number of allylic oxidation sites excluding steroid dienone is 1. The molecule has 3 aromatic rings. The fourth-order valence-corrected chi connectivity index (χ4v) is 2.94. The van der Waals surface area contributed by atoms with Crippen LogP contribution in [0.2, 0.25) is 0 Å². The fraction of sp³-hybridized carbons (Fsp3) is 0.231. The summed E-state index contributed by atoms with van der Waals surface area (Å²) in [4.78, 5) is 22.3. The van der Waals surface area contributed by atoms with Gasteiger partial charge < -0.3 is 5.32 Å². The fourth-order valence-electron chi connectivity index (χ4n) is 2.94. The molecule has 1 aromatic heterocycles. The van der Waals surface area contributed by atoms with Gasteiger partial charge in [-0.3, -0.25) is 14.6 Å². The molecule has 0 saturated carbocycles. The van der Waals surface area contributed by atoms with Gasteiger partial charge in [-0.15, -0.1) is 0 Å². The minimum atomic E-state index is -0.291. The Morgan fingerprint density at radius 1 is 1.00 bits per heavy atom. The van der Waals surface area contributed by atoms with Gasteiger partial charge in [-0.2, -0.15) is 0 Å². The van der Waals surface area contributed by atoms with Crippen LogP contribution in [0, 0.1) is 5.41 Å². The van der Waals surface area contributed by atoms with E-state index in [0.29, 0.717) is 12.1 Å². The number of hydroxylamine groups is 1. The van der Waals surface area contributed by atoms with E-state index in [2.05, 4.69) is 48.7 Å². The molecule has 0 saturated heterocycles. The molecular formula is C26H29N3O2. The molecule has 1 amide bonds. The van der Waals surface area contributed by atoms with Gasteiger partial charge in [0.2, 0.25) is 0 Å². The molecule has 0 unspecified atom stereocenters. The number of anilines is 1. The van der Waals surface area contributed by atoms with Crippen molar-refractivity contribution in [2.24, 2.45) is 5.41 Å². The van der Waals surface area contributed by atoms with Crippen molar-refractivity contribution in [2.75, 3.05) is 5.32 Å². The molecule has 0 spiro atoms. The standard InChI is InChI=1S/C26H29N3O2/c1-26(2,3)15-12-21-8-4-5-9-22(21)19-31-29-25(30)23-10-6-7-11-24(23)28-18-20-13-16-27-17-14-20/h4-17,28H,18-19H2,1-3H3,(H,29,30)/b15-12+. The second kappa shape index (κ2) is 10.5. The summed E-state index contributed by atoms with van der Waals surface area (Å²) < 4.78 is 0. The van der Waals surface area contributed by atoms with Crippen LogP contribution in [-0.2, 0) is 18.0 Å². The number of carbonyl (C=O) groups is 1. The first-order valence-corrected chi connectivity index (χ1v) is 10.3. The predicted octanol–water partition coefficient (Wildman–Crippen LogP) is 5.61. The molecule has 3 rings (SSSR count). The molecule has 1 heterocycles. The summed E-state index contributed by atoms with van der Waals surface area (Å²) in [5.74, 6) is -0.291. The topological polar surface area (TPSA) is 63.2 Å². The van der Waals surface area contributed by atoms with Crippen molar-refractivity contribution in [3.63, 3.8) is 0 Å². The Labute approximate surface area is 184 Å². The number of aromatic nitrogens is 1. The minimum absolute atomic E-state index is 0.0924. The zero-order valence-electron chi connectivity index (χ0n) is 18.3. The average molecular weight is 416 g/mol. The van der Waals surface area contributed by atoms with E-state index in [-0.39, 0.29) is 17.9 Å². The maximum absolute atomic E-state index is 12.7. The third kappa shape index (κ3) is 7.08. The number of para-hydroxylation sites is 1. The highest BCUT2D eigenvalue weighted by Gasteiger charge is 2.11. The molecule has 0 fully saturated rings. The number of amides is 1. The second-order valence-corrected chi connectivity index (χ2v) is 8.37. The van der Waals surface area contributed by atoms with E-state index in [4.69, 9.17) is 4.84 Å². The summed E-state index contributed by atoms with van der Waals surface area (Å²) in [5, 5.41) is 3.31. The van der Waals surface area contributed by atoms with Gasteiger partial charge in [-0.25, -0.2) is 5.48 Å². The normalized spacial score (nSPS) is 11.5. The summed E-state index contributed by atoms with van der Waals surface area (Å²) in [6, 6.07) is 19.2. The van der Waals surface area contributed by atoms with Crippen molar-refractivity contribution in [1.82, 2.24) is 10.5 Å².